The highest BCUT2D eigenvalue weighted by Gasteiger charge is 2.29. The van der Waals surface area contributed by atoms with Gasteiger partial charge in [0.25, 0.3) is 0 Å². The van der Waals surface area contributed by atoms with Crippen molar-refractivity contribution < 1.29 is 13.2 Å². The predicted molar refractivity (Wildman–Crippen MR) is 65.3 cm³/mol. The van der Waals surface area contributed by atoms with Crippen LogP contribution < -0.4 is 0 Å². The number of rotatable bonds is 6. The van der Waals surface area contributed by atoms with Crippen molar-refractivity contribution in [1.29, 1.82) is 0 Å². The number of thioether (sulfide) groups is 1. The van der Waals surface area contributed by atoms with Crippen LogP contribution in [0.25, 0.3) is 0 Å². The summed E-state index contributed by atoms with van der Waals surface area (Å²) in [5, 5.41) is 0. The summed E-state index contributed by atoms with van der Waals surface area (Å²) in [7, 11) is 0. The molecule has 17 heavy (non-hydrogen) atoms. The minimum Gasteiger partial charge on any atom is -0.294 e. The lowest BCUT2D eigenvalue weighted by molar-refractivity contribution is -0.144. The fourth-order valence-electron chi connectivity index (χ4n) is 1.41. The zero-order valence-corrected chi connectivity index (χ0v) is 10.5. The lowest BCUT2D eigenvalue weighted by Gasteiger charge is -2.21. The Kier molecular flexibility index (Phi) is 5.85. The van der Waals surface area contributed by atoms with E-state index < -0.39 is 12.7 Å². The van der Waals surface area contributed by atoms with Gasteiger partial charge in [-0.25, -0.2) is 0 Å². The predicted octanol–water partition coefficient (Wildman–Crippen LogP) is 3.66. The minimum absolute atomic E-state index is 0.425. The second kappa shape index (κ2) is 6.91. The smallest absolute Gasteiger partial charge is 0.294 e. The largest absolute Gasteiger partial charge is 0.401 e. The van der Waals surface area contributed by atoms with Crippen LogP contribution in [-0.4, -0.2) is 36.5 Å². The quantitative estimate of drug-likeness (QED) is 0.721. The van der Waals surface area contributed by atoms with Gasteiger partial charge >= 0.3 is 6.18 Å². The van der Waals surface area contributed by atoms with Gasteiger partial charge in [-0.2, -0.15) is 13.2 Å². The molecule has 0 bridgehead atoms. The molecule has 96 valence electrons. The van der Waals surface area contributed by atoms with Crippen LogP contribution in [0.4, 0.5) is 13.2 Å². The lowest BCUT2D eigenvalue weighted by atomic mass is 10.4. The molecule has 1 rings (SSSR count). The van der Waals surface area contributed by atoms with Gasteiger partial charge in [0, 0.05) is 17.2 Å². The zero-order valence-electron chi connectivity index (χ0n) is 9.70. The molecule has 1 nitrogen and oxygen atoms in total. The number of hydrogen-bond acceptors (Lipinski definition) is 2. The number of alkyl halides is 3. The summed E-state index contributed by atoms with van der Waals surface area (Å²) < 4.78 is 36.6. The zero-order chi connectivity index (χ0) is 12.7. The Morgan fingerprint density at radius 1 is 1.18 bits per heavy atom. The third-order valence-electron chi connectivity index (χ3n) is 2.27. The number of hydrogen-bond donors (Lipinski definition) is 0. The van der Waals surface area contributed by atoms with E-state index in [0.717, 1.165) is 4.90 Å². The summed E-state index contributed by atoms with van der Waals surface area (Å²) >= 11 is 1.58. The molecule has 0 aliphatic carbocycles. The first kappa shape index (κ1) is 14.4. The Labute approximate surface area is 104 Å². The third-order valence-corrected chi connectivity index (χ3v) is 3.26. The van der Waals surface area contributed by atoms with Crippen molar-refractivity contribution in [3.8, 4) is 0 Å². The monoisotopic (exact) mass is 263 g/mol. The molecule has 0 spiro atoms. The van der Waals surface area contributed by atoms with Crippen molar-refractivity contribution in [3.63, 3.8) is 0 Å². The highest BCUT2D eigenvalue weighted by Crippen LogP contribution is 2.19. The Morgan fingerprint density at radius 2 is 1.82 bits per heavy atom. The van der Waals surface area contributed by atoms with E-state index in [1.165, 1.54) is 4.90 Å². The molecular formula is C12H16F3NS. The highest BCUT2D eigenvalue weighted by atomic mass is 32.2. The second-order valence-electron chi connectivity index (χ2n) is 3.65. The van der Waals surface area contributed by atoms with E-state index in [4.69, 9.17) is 0 Å². The van der Waals surface area contributed by atoms with Gasteiger partial charge in [0.15, 0.2) is 0 Å². The summed E-state index contributed by atoms with van der Waals surface area (Å²) in [5.74, 6) is 0.675. The maximum Gasteiger partial charge on any atom is 0.401 e. The lowest BCUT2D eigenvalue weighted by Crippen LogP contribution is -2.35. The van der Waals surface area contributed by atoms with Crippen LogP contribution in [0.2, 0.25) is 0 Å². The van der Waals surface area contributed by atoms with E-state index >= 15 is 0 Å². The van der Waals surface area contributed by atoms with Gasteiger partial charge in [-0.15, -0.1) is 11.8 Å². The van der Waals surface area contributed by atoms with E-state index in [1.807, 2.05) is 30.3 Å². The summed E-state index contributed by atoms with van der Waals surface area (Å²) in [6.07, 6.45) is -4.10. The van der Waals surface area contributed by atoms with E-state index in [1.54, 1.807) is 18.7 Å². The average Bonchev–Trinajstić information content (AvgIpc) is 2.27. The van der Waals surface area contributed by atoms with Crippen LogP contribution in [0.15, 0.2) is 35.2 Å². The van der Waals surface area contributed by atoms with Crippen molar-refractivity contribution in [3.05, 3.63) is 30.3 Å². The molecule has 0 radical (unpaired) electrons. The molecule has 0 saturated carbocycles. The summed E-state index contributed by atoms with van der Waals surface area (Å²) in [5.41, 5.74) is 0. The van der Waals surface area contributed by atoms with Gasteiger partial charge in [-0.1, -0.05) is 25.1 Å². The molecule has 0 aliphatic heterocycles. The van der Waals surface area contributed by atoms with Crippen molar-refractivity contribution in [1.82, 2.24) is 4.90 Å². The minimum atomic E-state index is -4.10. The van der Waals surface area contributed by atoms with Gasteiger partial charge in [0.1, 0.15) is 0 Å². The highest BCUT2D eigenvalue weighted by molar-refractivity contribution is 7.99. The fraction of sp³-hybridized carbons (Fsp3) is 0.500. The molecule has 0 N–H and O–H groups in total. The first-order valence-corrected chi connectivity index (χ1v) is 6.47. The normalized spacial score (nSPS) is 12.1. The van der Waals surface area contributed by atoms with Crippen LogP contribution in [0.5, 0.6) is 0 Å². The maximum absolute atomic E-state index is 12.2. The molecule has 0 amide bonds. The molecule has 0 atom stereocenters. The van der Waals surface area contributed by atoms with E-state index in [-0.39, 0.29) is 0 Å². The van der Waals surface area contributed by atoms with Gasteiger partial charge in [-0.3, -0.25) is 4.90 Å². The van der Waals surface area contributed by atoms with Crippen LogP contribution >= 0.6 is 11.8 Å². The van der Waals surface area contributed by atoms with Crippen molar-refractivity contribution in [2.75, 3.05) is 25.4 Å². The van der Waals surface area contributed by atoms with E-state index in [9.17, 15) is 13.2 Å². The third kappa shape index (κ3) is 6.58. The van der Waals surface area contributed by atoms with Gasteiger partial charge in [0.05, 0.1) is 6.54 Å². The molecular weight excluding hydrogens is 247 g/mol. The summed E-state index contributed by atoms with van der Waals surface area (Å²) in [4.78, 5) is 2.51. The molecule has 1 aromatic rings. The van der Waals surface area contributed by atoms with Crippen molar-refractivity contribution >= 4 is 11.8 Å². The van der Waals surface area contributed by atoms with Gasteiger partial charge in [0.2, 0.25) is 0 Å². The average molecular weight is 263 g/mol. The van der Waals surface area contributed by atoms with E-state index in [0.29, 0.717) is 18.8 Å². The molecule has 0 heterocycles. The molecule has 5 heteroatoms. The molecule has 0 saturated heterocycles. The Balaban J connectivity index is 2.29. The van der Waals surface area contributed by atoms with Crippen LogP contribution in [0.1, 0.15) is 6.92 Å². The van der Waals surface area contributed by atoms with Crippen LogP contribution in [-0.2, 0) is 0 Å². The summed E-state index contributed by atoms with van der Waals surface area (Å²) in [6.45, 7) is 1.81. The fourth-order valence-corrected chi connectivity index (χ4v) is 2.35. The Hall–Kier alpha value is -0.680. The number of benzene rings is 1. The molecule has 0 fully saturated rings. The molecule has 1 aromatic carbocycles. The molecule has 0 aromatic heterocycles. The topological polar surface area (TPSA) is 3.24 Å². The molecule has 0 aliphatic rings. The summed E-state index contributed by atoms with van der Waals surface area (Å²) in [6, 6.07) is 9.70. The SMILES string of the molecule is CCN(CCSc1ccccc1)CC(F)(F)F. The first-order chi connectivity index (χ1) is 8.01. The Morgan fingerprint density at radius 3 is 2.35 bits per heavy atom. The standard InChI is InChI=1S/C12H16F3NS/c1-2-16(10-12(13,14)15)8-9-17-11-6-4-3-5-7-11/h3-7H,2,8-10H2,1H3. The van der Waals surface area contributed by atoms with Crippen LogP contribution in [0.3, 0.4) is 0 Å². The van der Waals surface area contributed by atoms with Gasteiger partial charge < -0.3 is 0 Å². The maximum atomic E-state index is 12.2. The van der Waals surface area contributed by atoms with Crippen molar-refractivity contribution in [2.45, 2.75) is 18.0 Å². The van der Waals surface area contributed by atoms with Gasteiger partial charge in [-0.05, 0) is 18.7 Å². The van der Waals surface area contributed by atoms with E-state index in [2.05, 4.69) is 0 Å². The number of halogens is 3. The number of nitrogens with zero attached hydrogens (tertiary/aromatic N) is 1. The van der Waals surface area contributed by atoms with Crippen LogP contribution in [0, 0.1) is 0 Å². The first-order valence-electron chi connectivity index (χ1n) is 5.48. The second-order valence-corrected chi connectivity index (χ2v) is 4.81. The Bertz CT molecular complexity index is 313. The molecule has 0 unspecified atom stereocenters. The van der Waals surface area contributed by atoms with Crippen molar-refractivity contribution in [2.24, 2.45) is 0 Å².